The first-order chi connectivity index (χ1) is 6.24. The fourth-order valence-corrected chi connectivity index (χ4v) is 0.936. The molecule has 0 unspecified atom stereocenters. The van der Waals surface area contributed by atoms with Crippen molar-refractivity contribution in [3.05, 3.63) is 11.9 Å². The maximum absolute atomic E-state index is 4.04. The van der Waals surface area contributed by atoms with Crippen LogP contribution in [-0.4, -0.2) is 15.0 Å². The molecule has 0 saturated carbocycles. The standard InChI is InChI=1S/C8H15N3.C2H6/c1-4-5-8-6-11(7(2)3)10-9-8;1-2/h6-7H,4-5H2,1-3H3;1-2H3. The second-order valence-electron chi connectivity index (χ2n) is 3.03. The summed E-state index contributed by atoms with van der Waals surface area (Å²) in [7, 11) is 0. The Bertz CT molecular complexity index is 216. The van der Waals surface area contributed by atoms with Crippen LogP contribution in [0.4, 0.5) is 0 Å². The van der Waals surface area contributed by atoms with Crippen molar-refractivity contribution in [3.63, 3.8) is 0 Å². The van der Waals surface area contributed by atoms with Crippen molar-refractivity contribution in [1.29, 1.82) is 0 Å². The molecule has 1 aromatic rings. The monoisotopic (exact) mass is 183 g/mol. The predicted molar refractivity (Wildman–Crippen MR) is 55.8 cm³/mol. The molecule has 3 heteroatoms. The van der Waals surface area contributed by atoms with Crippen molar-refractivity contribution in [3.8, 4) is 0 Å². The first kappa shape index (κ1) is 12.1. The lowest BCUT2D eigenvalue weighted by atomic mass is 10.3. The molecule has 0 aliphatic heterocycles. The molecule has 0 atom stereocenters. The average Bonchev–Trinajstić information content (AvgIpc) is 2.57. The largest absolute Gasteiger partial charge is 0.250 e. The van der Waals surface area contributed by atoms with Gasteiger partial charge in [-0.05, 0) is 20.3 Å². The van der Waals surface area contributed by atoms with Crippen LogP contribution in [-0.2, 0) is 6.42 Å². The lowest BCUT2D eigenvalue weighted by molar-refractivity contribution is 0.514. The highest BCUT2D eigenvalue weighted by Crippen LogP contribution is 2.03. The predicted octanol–water partition coefficient (Wildman–Crippen LogP) is 2.84. The highest BCUT2D eigenvalue weighted by molar-refractivity contribution is 4.92. The van der Waals surface area contributed by atoms with E-state index in [2.05, 4.69) is 31.1 Å². The van der Waals surface area contributed by atoms with Crippen LogP contribution in [0.5, 0.6) is 0 Å². The van der Waals surface area contributed by atoms with Gasteiger partial charge in [0, 0.05) is 12.2 Å². The molecular formula is C10H21N3. The zero-order chi connectivity index (χ0) is 10.3. The van der Waals surface area contributed by atoms with Crippen molar-refractivity contribution in [2.75, 3.05) is 0 Å². The molecule has 0 bridgehead atoms. The van der Waals surface area contributed by atoms with Gasteiger partial charge in [0.25, 0.3) is 0 Å². The highest BCUT2D eigenvalue weighted by Gasteiger charge is 2.01. The van der Waals surface area contributed by atoms with Gasteiger partial charge in [-0.1, -0.05) is 32.4 Å². The number of aromatic nitrogens is 3. The molecule has 1 aromatic heterocycles. The number of nitrogens with zero attached hydrogens (tertiary/aromatic N) is 3. The molecule has 0 aromatic carbocycles. The molecule has 0 aliphatic rings. The number of hydrogen-bond acceptors (Lipinski definition) is 2. The van der Waals surface area contributed by atoms with Crippen molar-refractivity contribution < 1.29 is 0 Å². The number of hydrogen-bond donors (Lipinski definition) is 0. The van der Waals surface area contributed by atoms with Gasteiger partial charge in [0.2, 0.25) is 0 Å². The smallest absolute Gasteiger partial charge is 0.0827 e. The lowest BCUT2D eigenvalue weighted by Crippen LogP contribution is -2.00. The van der Waals surface area contributed by atoms with Crippen LogP contribution in [0, 0.1) is 0 Å². The maximum atomic E-state index is 4.04. The third-order valence-electron chi connectivity index (χ3n) is 1.59. The summed E-state index contributed by atoms with van der Waals surface area (Å²) in [6.45, 7) is 10.4. The van der Waals surface area contributed by atoms with E-state index < -0.39 is 0 Å². The molecule has 1 heterocycles. The Hall–Kier alpha value is -0.860. The highest BCUT2D eigenvalue weighted by atomic mass is 15.4. The summed E-state index contributed by atoms with van der Waals surface area (Å²) >= 11 is 0. The maximum Gasteiger partial charge on any atom is 0.0827 e. The van der Waals surface area contributed by atoms with Crippen LogP contribution in [0.1, 0.15) is 52.8 Å². The summed E-state index contributed by atoms with van der Waals surface area (Å²) in [6, 6.07) is 0.424. The normalized spacial score (nSPS) is 9.69. The summed E-state index contributed by atoms with van der Waals surface area (Å²) in [6.07, 6.45) is 4.19. The van der Waals surface area contributed by atoms with Gasteiger partial charge in [-0.25, -0.2) is 4.68 Å². The third kappa shape index (κ3) is 4.06. The molecule has 3 nitrogen and oxygen atoms in total. The zero-order valence-corrected chi connectivity index (χ0v) is 9.41. The van der Waals surface area contributed by atoms with Crippen LogP contribution >= 0.6 is 0 Å². The van der Waals surface area contributed by atoms with Gasteiger partial charge >= 0.3 is 0 Å². The van der Waals surface area contributed by atoms with E-state index >= 15 is 0 Å². The Kier molecular flexibility index (Phi) is 6.20. The molecule has 0 radical (unpaired) electrons. The Labute approximate surface area is 81.2 Å². The molecule has 0 saturated heterocycles. The fraction of sp³-hybridized carbons (Fsp3) is 0.800. The van der Waals surface area contributed by atoms with Crippen molar-refractivity contribution in [2.45, 2.75) is 53.5 Å². The topological polar surface area (TPSA) is 30.7 Å². The van der Waals surface area contributed by atoms with Crippen molar-refractivity contribution >= 4 is 0 Å². The van der Waals surface area contributed by atoms with E-state index in [9.17, 15) is 0 Å². The van der Waals surface area contributed by atoms with Gasteiger partial charge in [0.05, 0.1) is 5.69 Å². The zero-order valence-electron chi connectivity index (χ0n) is 9.41. The summed E-state index contributed by atoms with van der Waals surface area (Å²) < 4.78 is 1.89. The van der Waals surface area contributed by atoms with Crippen LogP contribution in [0.3, 0.4) is 0 Å². The third-order valence-corrected chi connectivity index (χ3v) is 1.59. The first-order valence-corrected chi connectivity index (χ1v) is 5.14. The van der Waals surface area contributed by atoms with Crippen molar-refractivity contribution in [2.24, 2.45) is 0 Å². The second-order valence-corrected chi connectivity index (χ2v) is 3.03. The molecule has 1 rings (SSSR count). The van der Waals surface area contributed by atoms with E-state index in [1.807, 2.05) is 24.7 Å². The SMILES string of the molecule is CC.CCCc1cn(C(C)C)nn1. The molecule has 76 valence electrons. The molecule has 0 N–H and O–H groups in total. The molecule has 0 fully saturated rings. The molecule has 0 aliphatic carbocycles. The Morgan fingerprint density at radius 1 is 1.38 bits per heavy atom. The van der Waals surface area contributed by atoms with Crippen molar-refractivity contribution in [1.82, 2.24) is 15.0 Å². The quantitative estimate of drug-likeness (QED) is 0.721. The van der Waals surface area contributed by atoms with Gasteiger partial charge in [0.15, 0.2) is 0 Å². The van der Waals surface area contributed by atoms with Crippen LogP contribution in [0.25, 0.3) is 0 Å². The summed E-state index contributed by atoms with van der Waals surface area (Å²) in [5.74, 6) is 0. The minimum Gasteiger partial charge on any atom is -0.250 e. The van der Waals surface area contributed by atoms with E-state index in [1.165, 1.54) is 0 Å². The van der Waals surface area contributed by atoms with Gasteiger partial charge < -0.3 is 0 Å². The number of rotatable bonds is 3. The fourth-order valence-electron chi connectivity index (χ4n) is 0.936. The van der Waals surface area contributed by atoms with E-state index in [-0.39, 0.29) is 0 Å². The van der Waals surface area contributed by atoms with Crippen LogP contribution < -0.4 is 0 Å². The van der Waals surface area contributed by atoms with E-state index in [4.69, 9.17) is 0 Å². The Morgan fingerprint density at radius 2 is 2.00 bits per heavy atom. The molecular weight excluding hydrogens is 162 g/mol. The number of aryl methyl sites for hydroxylation is 1. The first-order valence-electron chi connectivity index (χ1n) is 5.14. The van der Waals surface area contributed by atoms with Gasteiger partial charge in [-0.2, -0.15) is 0 Å². The van der Waals surface area contributed by atoms with Gasteiger partial charge in [0.1, 0.15) is 0 Å². The van der Waals surface area contributed by atoms with Gasteiger partial charge in [-0.3, -0.25) is 0 Å². The summed E-state index contributed by atoms with van der Waals surface area (Å²) in [5.41, 5.74) is 1.10. The molecule has 0 spiro atoms. The van der Waals surface area contributed by atoms with E-state index in [0.29, 0.717) is 6.04 Å². The minimum atomic E-state index is 0.424. The van der Waals surface area contributed by atoms with E-state index in [0.717, 1.165) is 18.5 Å². The van der Waals surface area contributed by atoms with Gasteiger partial charge in [-0.15, -0.1) is 5.10 Å². The average molecular weight is 183 g/mol. The van der Waals surface area contributed by atoms with E-state index in [1.54, 1.807) is 0 Å². The van der Waals surface area contributed by atoms with Crippen LogP contribution in [0.2, 0.25) is 0 Å². The molecule has 13 heavy (non-hydrogen) atoms. The lowest BCUT2D eigenvalue weighted by Gasteiger charge is -2.00. The summed E-state index contributed by atoms with van der Waals surface area (Å²) in [5, 5.41) is 8.04. The minimum absolute atomic E-state index is 0.424. The Balaban J connectivity index is 0.000000671. The Morgan fingerprint density at radius 3 is 2.38 bits per heavy atom. The van der Waals surface area contributed by atoms with Crippen LogP contribution in [0.15, 0.2) is 6.20 Å². The summed E-state index contributed by atoms with van der Waals surface area (Å²) in [4.78, 5) is 0. The second kappa shape index (κ2) is 6.63. The molecule has 0 amide bonds.